The van der Waals surface area contributed by atoms with Gasteiger partial charge >= 0.3 is 6.03 Å². The van der Waals surface area contributed by atoms with Crippen LogP contribution in [-0.4, -0.2) is 34.4 Å². The summed E-state index contributed by atoms with van der Waals surface area (Å²) in [4.78, 5) is 39.6. The summed E-state index contributed by atoms with van der Waals surface area (Å²) < 4.78 is 0. The fraction of sp³-hybridized carbons (Fsp3) is 0.353. The van der Waals surface area contributed by atoms with Crippen LogP contribution in [0.5, 0.6) is 0 Å². The van der Waals surface area contributed by atoms with Crippen LogP contribution in [0.3, 0.4) is 0 Å². The van der Waals surface area contributed by atoms with E-state index in [0.29, 0.717) is 18.5 Å². The molecule has 0 bridgehead atoms. The Bertz CT molecular complexity index is 810. The number of carbonyl (C=O) groups excluding carboxylic acids is 3. The summed E-state index contributed by atoms with van der Waals surface area (Å²) >= 11 is 0. The number of nitrogens with one attached hydrogen (secondary N) is 4. The quantitative estimate of drug-likeness (QED) is 0.628. The van der Waals surface area contributed by atoms with Crippen LogP contribution in [0.15, 0.2) is 30.3 Å². The number of urea groups is 1. The minimum Gasteiger partial charge on any atom is -0.351 e. The number of aromatic amines is 1. The van der Waals surface area contributed by atoms with Crippen molar-refractivity contribution in [2.45, 2.75) is 37.3 Å². The van der Waals surface area contributed by atoms with Gasteiger partial charge in [0.15, 0.2) is 0 Å². The van der Waals surface area contributed by atoms with Gasteiger partial charge in [0.05, 0.1) is 6.04 Å². The van der Waals surface area contributed by atoms with Gasteiger partial charge in [-0.25, -0.2) is 4.79 Å². The lowest BCUT2D eigenvalue weighted by molar-refractivity contribution is -0.125. The summed E-state index contributed by atoms with van der Waals surface area (Å²) in [5.41, 5.74) is 0.298. The van der Waals surface area contributed by atoms with E-state index in [1.54, 1.807) is 6.07 Å². The first-order valence-corrected chi connectivity index (χ1v) is 8.11. The molecule has 124 valence electrons. The van der Waals surface area contributed by atoms with E-state index in [4.69, 9.17) is 0 Å². The van der Waals surface area contributed by atoms with Crippen molar-refractivity contribution < 1.29 is 14.4 Å². The fourth-order valence-corrected chi connectivity index (χ4v) is 3.73. The standard InChI is InChI=1S/C17H18N4O3/c22-14(12-9-10-5-1-2-6-11(10)18-12)19-13-7-3-4-8-17(13)15(23)20-16(24)21-17/h1-2,5-6,9,13,18H,3-4,7-8H2,(H,19,22)(H2,20,21,23,24). The molecule has 7 heteroatoms. The lowest BCUT2D eigenvalue weighted by atomic mass is 9.77. The molecule has 1 saturated heterocycles. The molecule has 0 radical (unpaired) electrons. The lowest BCUT2D eigenvalue weighted by Crippen LogP contribution is -2.63. The lowest BCUT2D eigenvalue weighted by Gasteiger charge is -2.38. The highest BCUT2D eigenvalue weighted by atomic mass is 16.2. The predicted molar refractivity (Wildman–Crippen MR) is 87.4 cm³/mol. The molecule has 1 spiro atoms. The topological polar surface area (TPSA) is 103 Å². The molecule has 2 fully saturated rings. The first kappa shape index (κ1) is 14.7. The molecule has 2 atom stereocenters. The van der Waals surface area contributed by atoms with Gasteiger partial charge in [0.25, 0.3) is 11.8 Å². The Morgan fingerprint density at radius 3 is 2.79 bits per heavy atom. The largest absolute Gasteiger partial charge is 0.351 e. The van der Waals surface area contributed by atoms with Gasteiger partial charge in [0, 0.05) is 10.9 Å². The number of fused-ring (bicyclic) bond motifs is 1. The summed E-state index contributed by atoms with van der Waals surface area (Å²) in [6.07, 6.45) is 2.93. The van der Waals surface area contributed by atoms with Crippen molar-refractivity contribution in [2.24, 2.45) is 0 Å². The Kier molecular flexibility index (Phi) is 3.30. The average molecular weight is 326 g/mol. The number of para-hydroxylation sites is 1. The normalized spacial score (nSPS) is 26.4. The zero-order valence-corrected chi connectivity index (χ0v) is 13.0. The summed E-state index contributed by atoms with van der Waals surface area (Å²) in [5, 5.41) is 8.91. The highest BCUT2D eigenvalue weighted by Gasteiger charge is 2.53. The number of amides is 4. The maximum atomic E-state index is 12.6. The van der Waals surface area contributed by atoms with E-state index in [0.717, 1.165) is 23.7 Å². The maximum absolute atomic E-state index is 12.6. The molecule has 1 aromatic carbocycles. The molecule has 2 aliphatic rings. The third-order valence-corrected chi connectivity index (χ3v) is 4.96. The monoisotopic (exact) mass is 326 g/mol. The van der Waals surface area contributed by atoms with E-state index in [9.17, 15) is 14.4 Å². The van der Waals surface area contributed by atoms with E-state index in [-0.39, 0.29) is 11.8 Å². The number of rotatable bonds is 2. The Morgan fingerprint density at radius 2 is 2.04 bits per heavy atom. The number of hydrogen-bond acceptors (Lipinski definition) is 3. The summed E-state index contributed by atoms with van der Waals surface area (Å²) in [6.45, 7) is 0. The number of carbonyl (C=O) groups is 3. The molecule has 1 aromatic heterocycles. The Labute approximate surface area is 138 Å². The van der Waals surface area contributed by atoms with Crippen molar-refractivity contribution in [3.05, 3.63) is 36.0 Å². The van der Waals surface area contributed by atoms with E-state index < -0.39 is 17.6 Å². The highest BCUT2D eigenvalue weighted by Crippen LogP contribution is 2.31. The first-order chi connectivity index (χ1) is 11.6. The smallest absolute Gasteiger partial charge is 0.322 e. The van der Waals surface area contributed by atoms with Crippen molar-refractivity contribution in [3.8, 4) is 0 Å². The fourth-order valence-electron chi connectivity index (χ4n) is 3.73. The van der Waals surface area contributed by atoms with Crippen LogP contribution >= 0.6 is 0 Å². The van der Waals surface area contributed by atoms with Gasteiger partial charge < -0.3 is 15.6 Å². The Hall–Kier alpha value is -2.83. The van der Waals surface area contributed by atoms with Crippen LogP contribution in [0.1, 0.15) is 36.2 Å². The Balaban J connectivity index is 1.59. The number of imide groups is 1. The minimum atomic E-state index is -1.03. The predicted octanol–water partition coefficient (Wildman–Crippen LogP) is 1.42. The number of aromatic nitrogens is 1. The number of H-pyrrole nitrogens is 1. The van der Waals surface area contributed by atoms with E-state index in [1.165, 1.54) is 0 Å². The summed E-state index contributed by atoms with van der Waals surface area (Å²) in [7, 11) is 0. The molecule has 2 heterocycles. The van der Waals surface area contributed by atoms with Crippen molar-refractivity contribution in [1.29, 1.82) is 0 Å². The van der Waals surface area contributed by atoms with Crippen LogP contribution in [0.4, 0.5) is 4.79 Å². The summed E-state index contributed by atoms with van der Waals surface area (Å²) in [5.74, 6) is -0.624. The molecule has 1 aliphatic carbocycles. The second-order valence-corrected chi connectivity index (χ2v) is 6.42. The second-order valence-electron chi connectivity index (χ2n) is 6.42. The number of benzene rings is 1. The van der Waals surface area contributed by atoms with Gasteiger partial charge in [-0.3, -0.25) is 14.9 Å². The van der Waals surface area contributed by atoms with E-state index in [2.05, 4.69) is 20.9 Å². The van der Waals surface area contributed by atoms with Crippen molar-refractivity contribution in [3.63, 3.8) is 0 Å². The third kappa shape index (κ3) is 2.24. The van der Waals surface area contributed by atoms with Crippen LogP contribution < -0.4 is 16.0 Å². The van der Waals surface area contributed by atoms with Crippen molar-refractivity contribution >= 4 is 28.7 Å². The van der Waals surface area contributed by atoms with Crippen LogP contribution in [0.25, 0.3) is 10.9 Å². The van der Waals surface area contributed by atoms with Crippen LogP contribution in [0, 0.1) is 0 Å². The minimum absolute atomic E-state index is 0.272. The molecule has 24 heavy (non-hydrogen) atoms. The third-order valence-electron chi connectivity index (χ3n) is 4.96. The molecule has 1 aliphatic heterocycles. The molecule has 2 unspecified atom stereocenters. The molecule has 2 aromatic rings. The first-order valence-electron chi connectivity index (χ1n) is 8.11. The van der Waals surface area contributed by atoms with Gasteiger partial charge in [-0.1, -0.05) is 31.0 Å². The van der Waals surface area contributed by atoms with Crippen molar-refractivity contribution in [1.82, 2.24) is 20.9 Å². The second kappa shape index (κ2) is 5.36. The van der Waals surface area contributed by atoms with Crippen LogP contribution in [0.2, 0.25) is 0 Å². The van der Waals surface area contributed by atoms with Gasteiger partial charge in [0.2, 0.25) is 0 Å². The van der Waals surface area contributed by atoms with Gasteiger partial charge in [-0.2, -0.15) is 0 Å². The van der Waals surface area contributed by atoms with Gasteiger partial charge in [0.1, 0.15) is 11.2 Å². The highest BCUT2D eigenvalue weighted by molar-refractivity contribution is 6.08. The van der Waals surface area contributed by atoms with Crippen molar-refractivity contribution in [2.75, 3.05) is 0 Å². The molecule has 1 saturated carbocycles. The number of hydrogen-bond donors (Lipinski definition) is 4. The molecular weight excluding hydrogens is 308 g/mol. The summed E-state index contributed by atoms with van der Waals surface area (Å²) in [6, 6.07) is 8.51. The van der Waals surface area contributed by atoms with E-state index in [1.807, 2.05) is 24.3 Å². The maximum Gasteiger partial charge on any atom is 0.322 e. The zero-order chi connectivity index (χ0) is 16.7. The molecule has 4 rings (SSSR count). The van der Waals surface area contributed by atoms with Gasteiger partial charge in [-0.05, 0) is 25.0 Å². The zero-order valence-electron chi connectivity index (χ0n) is 13.0. The SMILES string of the molecule is O=C1NC(=O)C2(CCCCC2NC(=O)c2cc3ccccc3[nH]2)N1. The molecule has 4 amide bonds. The molecular formula is C17H18N4O3. The average Bonchev–Trinajstić information content (AvgIpc) is 3.11. The van der Waals surface area contributed by atoms with Gasteiger partial charge in [-0.15, -0.1) is 0 Å². The van der Waals surface area contributed by atoms with Crippen LogP contribution in [-0.2, 0) is 4.79 Å². The molecule has 7 nitrogen and oxygen atoms in total. The van der Waals surface area contributed by atoms with E-state index >= 15 is 0 Å². The Morgan fingerprint density at radius 1 is 1.21 bits per heavy atom. The molecule has 4 N–H and O–H groups in total.